The maximum absolute atomic E-state index is 11.9. The van der Waals surface area contributed by atoms with Crippen LogP contribution in [0.2, 0.25) is 0 Å². The molecule has 0 saturated carbocycles. The average Bonchev–Trinajstić information content (AvgIpc) is 3.04. The Balaban J connectivity index is 1.58. The Hall–Kier alpha value is -2.46. The van der Waals surface area contributed by atoms with Crippen molar-refractivity contribution in [2.75, 3.05) is 5.32 Å². The van der Waals surface area contributed by atoms with Gasteiger partial charge in [0, 0.05) is 40.1 Å². The lowest BCUT2D eigenvalue weighted by atomic mass is 9.87. The van der Waals surface area contributed by atoms with Crippen LogP contribution < -0.4 is 5.32 Å². The Morgan fingerprint density at radius 3 is 2.43 bits per heavy atom. The number of benzene rings is 2. The number of carbonyl (C=O) groups is 1. The van der Waals surface area contributed by atoms with E-state index in [9.17, 15) is 4.79 Å². The Labute approximate surface area is 139 Å². The molecule has 3 nitrogen and oxygen atoms in total. The predicted molar refractivity (Wildman–Crippen MR) is 92.9 cm³/mol. The Morgan fingerprint density at radius 1 is 0.913 bits per heavy atom. The number of aromatic nitrogens is 1. The third-order valence-corrected chi connectivity index (χ3v) is 5.09. The van der Waals surface area contributed by atoms with Gasteiger partial charge in [0.25, 0.3) is 0 Å². The Morgan fingerprint density at radius 2 is 1.65 bits per heavy atom. The highest BCUT2D eigenvalue weighted by atomic mass is 32.2. The van der Waals surface area contributed by atoms with E-state index in [2.05, 4.69) is 46.7 Å². The number of amides is 1. The van der Waals surface area contributed by atoms with Crippen molar-refractivity contribution in [3.8, 4) is 0 Å². The molecule has 23 heavy (non-hydrogen) atoms. The molecule has 0 saturated heterocycles. The molecule has 0 radical (unpaired) electrons. The molecule has 1 aliphatic heterocycles. The van der Waals surface area contributed by atoms with Gasteiger partial charge in [0.05, 0.1) is 5.69 Å². The standard InChI is InChI=1S/C19H16N2OS/c22-19-10-16(17-11-20-12-18(17)21-19)13-6-8-15(9-7-13)23-14-4-2-1-3-5-14/h1-9,11-12,16,20H,10H2,(H,21,22). The summed E-state index contributed by atoms with van der Waals surface area (Å²) in [4.78, 5) is 17.4. The molecule has 1 aliphatic rings. The highest BCUT2D eigenvalue weighted by Crippen LogP contribution is 2.37. The summed E-state index contributed by atoms with van der Waals surface area (Å²) in [5.41, 5.74) is 3.24. The lowest BCUT2D eigenvalue weighted by Crippen LogP contribution is -2.22. The minimum absolute atomic E-state index is 0.0739. The van der Waals surface area contributed by atoms with Crippen LogP contribution >= 0.6 is 11.8 Å². The molecule has 0 fully saturated rings. The van der Waals surface area contributed by atoms with Crippen molar-refractivity contribution >= 4 is 23.4 Å². The molecule has 2 N–H and O–H groups in total. The zero-order valence-electron chi connectivity index (χ0n) is 12.5. The van der Waals surface area contributed by atoms with Crippen LogP contribution in [0.15, 0.2) is 76.8 Å². The van der Waals surface area contributed by atoms with E-state index in [0.29, 0.717) is 6.42 Å². The van der Waals surface area contributed by atoms with Crippen molar-refractivity contribution < 1.29 is 4.79 Å². The van der Waals surface area contributed by atoms with Gasteiger partial charge in [-0.2, -0.15) is 0 Å². The van der Waals surface area contributed by atoms with Gasteiger partial charge in [0.15, 0.2) is 0 Å². The molecule has 1 aromatic heterocycles. The van der Waals surface area contributed by atoms with Crippen LogP contribution in [0.1, 0.15) is 23.5 Å². The number of nitrogens with one attached hydrogen (secondary N) is 2. The smallest absolute Gasteiger partial charge is 0.225 e. The fraction of sp³-hybridized carbons (Fsp3) is 0.105. The van der Waals surface area contributed by atoms with E-state index < -0.39 is 0 Å². The van der Waals surface area contributed by atoms with E-state index in [1.807, 2.05) is 30.6 Å². The normalized spacial score (nSPS) is 16.7. The minimum atomic E-state index is 0.0739. The molecule has 4 heteroatoms. The van der Waals surface area contributed by atoms with Gasteiger partial charge in [-0.3, -0.25) is 4.79 Å². The van der Waals surface area contributed by atoms with Crippen LogP contribution in [0.25, 0.3) is 0 Å². The summed E-state index contributed by atoms with van der Waals surface area (Å²) in [6.45, 7) is 0. The number of anilines is 1. The van der Waals surface area contributed by atoms with Gasteiger partial charge >= 0.3 is 0 Å². The molecular weight excluding hydrogens is 304 g/mol. The maximum atomic E-state index is 11.9. The van der Waals surface area contributed by atoms with Gasteiger partial charge in [-0.25, -0.2) is 0 Å². The highest BCUT2D eigenvalue weighted by Gasteiger charge is 2.26. The van der Waals surface area contributed by atoms with Gasteiger partial charge in [-0.15, -0.1) is 0 Å². The highest BCUT2D eigenvalue weighted by molar-refractivity contribution is 7.99. The van der Waals surface area contributed by atoms with Crippen molar-refractivity contribution in [3.63, 3.8) is 0 Å². The van der Waals surface area contributed by atoms with Gasteiger partial charge in [-0.1, -0.05) is 42.1 Å². The number of H-pyrrole nitrogens is 1. The van der Waals surface area contributed by atoms with Gasteiger partial charge < -0.3 is 10.3 Å². The van der Waals surface area contributed by atoms with E-state index in [1.54, 1.807) is 11.8 Å². The van der Waals surface area contributed by atoms with Crippen molar-refractivity contribution in [2.24, 2.45) is 0 Å². The second-order valence-corrected chi connectivity index (χ2v) is 6.76. The van der Waals surface area contributed by atoms with Gasteiger partial charge in [-0.05, 0) is 29.8 Å². The zero-order valence-corrected chi connectivity index (χ0v) is 13.3. The third kappa shape index (κ3) is 2.90. The Bertz CT molecular complexity index is 824. The van der Waals surface area contributed by atoms with E-state index in [4.69, 9.17) is 0 Å². The fourth-order valence-corrected chi connectivity index (χ4v) is 3.80. The molecule has 0 aliphatic carbocycles. The van der Waals surface area contributed by atoms with Crippen molar-refractivity contribution in [3.05, 3.63) is 78.1 Å². The topological polar surface area (TPSA) is 44.9 Å². The SMILES string of the molecule is O=C1CC(c2ccc(Sc3ccccc3)cc2)c2c[nH]cc2N1. The number of hydrogen-bond acceptors (Lipinski definition) is 2. The average molecular weight is 320 g/mol. The number of aromatic amines is 1. The van der Waals surface area contributed by atoms with E-state index in [1.165, 1.54) is 15.4 Å². The van der Waals surface area contributed by atoms with Crippen molar-refractivity contribution in [1.82, 2.24) is 4.98 Å². The second kappa shape index (κ2) is 5.97. The number of hydrogen-bond donors (Lipinski definition) is 2. The summed E-state index contributed by atoms with van der Waals surface area (Å²) in [5, 5.41) is 2.91. The number of fused-ring (bicyclic) bond motifs is 1. The van der Waals surface area contributed by atoms with Crippen LogP contribution in [0.3, 0.4) is 0 Å². The van der Waals surface area contributed by atoms with Crippen molar-refractivity contribution in [1.29, 1.82) is 0 Å². The first-order chi connectivity index (χ1) is 11.3. The summed E-state index contributed by atoms with van der Waals surface area (Å²) in [7, 11) is 0. The van der Waals surface area contributed by atoms with Crippen LogP contribution in [0.5, 0.6) is 0 Å². The Kier molecular flexibility index (Phi) is 3.67. The minimum Gasteiger partial charge on any atom is -0.366 e. The molecule has 1 amide bonds. The van der Waals surface area contributed by atoms with Crippen LogP contribution in [-0.4, -0.2) is 10.9 Å². The van der Waals surface area contributed by atoms with Crippen molar-refractivity contribution in [2.45, 2.75) is 22.1 Å². The molecule has 114 valence electrons. The van der Waals surface area contributed by atoms with Gasteiger partial charge in [0.1, 0.15) is 0 Å². The number of rotatable bonds is 3. The molecule has 2 heterocycles. The monoisotopic (exact) mass is 320 g/mol. The number of carbonyl (C=O) groups excluding carboxylic acids is 1. The van der Waals surface area contributed by atoms with Crippen LogP contribution in [-0.2, 0) is 4.79 Å². The van der Waals surface area contributed by atoms with Crippen LogP contribution in [0, 0.1) is 0 Å². The van der Waals surface area contributed by atoms with E-state index in [-0.39, 0.29) is 11.8 Å². The van der Waals surface area contributed by atoms with E-state index >= 15 is 0 Å². The third-order valence-electron chi connectivity index (χ3n) is 4.08. The summed E-state index contributed by atoms with van der Waals surface area (Å²) >= 11 is 1.75. The molecule has 2 aromatic carbocycles. The maximum Gasteiger partial charge on any atom is 0.225 e. The van der Waals surface area contributed by atoms with E-state index in [0.717, 1.165) is 11.3 Å². The first-order valence-corrected chi connectivity index (χ1v) is 8.40. The molecular formula is C19H16N2OS. The molecule has 0 bridgehead atoms. The van der Waals surface area contributed by atoms with Crippen LogP contribution in [0.4, 0.5) is 5.69 Å². The summed E-state index contributed by atoms with van der Waals surface area (Å²) in [6.07, 6.45) is 4.32. The quantitative estimate of drug-likeness (QED) is 0.738. The first-order valence-electron chi connectivity index (χ1n) is 7.59. The lowest BCUT2D eigenvalue weighted by molar-refractivity contribution is -0.116. The first kappa shape index (κ1) is 14.2. The largest absolute Gasteiger partial charge is 0.366 e. The molecule has 3 aromatic rings. The summed E-state index contributed by atoms with van der Waals surface area (Å²) in [6, 6.07) is 18.9. The molecule has 1 unspecified atom stereocenters. The summed E-state index contributed by atoms with van der Waals surface area (Å²) in [5.74, 6) is 0.200. The lowest BCUT2D eigenvalue weighted by Gasteiger charge is -2.23. The molecule has 4 rings (SSSR count). The summed E-state index contributed by atoms with van der Waals surface area (Å²) < 4.78 is 0. The fourth-order valence-electron chi connectivity index (χ4n) is 2.96. The molecule has 0 spiro atoms. The van der Waals surface area contributed by atoms with Gasteiger partial charge in [0.2, 0.25) is 5.91 Å². The predicted octanol–water partition coefficient (Wildman–Crippen LogP) is 4.64. The zero-order chi connectivity index (χ0) is 15.6. The molecule has 1 atom stereocenters. The second-order valence-electron chi connectivity index (χ2n) is 5.61.